The van der Waals surface area contributed by atoms with Crippen molar-refractivity contribution in [2.24, 2.45) is 0 Å². The lowest BCUT2D eigenvalue weighted by Gasteiger charge is -2.31. The third-order valence-corrected chi connectivity index (χ3v) is 10.1. The first-order valence-electron chi connectivity index (χ1n) is 15.8. The molecule has 2 aliphatic heterocycles. The zero-order chi connectivity index (χ0) is 27.6. The second kappa shape index (κ2) is 12.4. The van der Waals surface area contributed by atoms with E-state index in [0.717, 1.165) is 113 Å². The molecular formula is C34H48N2O4. The van der Waals surface area contributed by atoms with E-state index in [1.54, 1.807) is 14.2 Å². The molecule has 0 radical (unpaired) electrons. The number of hydrogen-bond acceptors (Lipinski definition) is 6. The fraction of sp³-hybridized carbons (Fsp3) is 0.647. The van der Waals surface area contributed by atoms with Crippen LogP contribution >= 0.6 is 0 Å². The van der Waals surface area contributed by atoms with Crippen molar-refractivity contribution >= 4 is 0 Å². The highest BCUT2D eigenvalue weighted by Crippen LogP contribution is 2.49. The lowest BCUT2D eigenvalue weighted by molar-refractivity contribution is 0.111. The molecule has 2 N–H and O–H groups in total. The minimum absolute atomic E-state index is 0.391. The van der Waals surface area contributed by atoms with Crippen LogP contribution in [0.3, 0.4) is 0 Å². The van der Waals surface area contributed by atoms with Gasteiger partial charge in [0.1, 0.15) is 11.5 Å². The molecule has 6 rings (SSSR count). The second-order valence-corrected chi connectivity index (χ2v) is 12.7. The van der Waals surface area contributed by atoms with Gasteiger partial charge in [-0.15, -0.1) is 0 Å². The average molecular weight is 549 g/mol. The van der Waals surface area contributed by atoms with Gasteiger partial charge in [-0.2, -0.15) is 0 Å². The smallest absolute Gasteiger partial charge is 0.128 e. The van der Waals surface area contributed by atoms with Gasteiger partial charge in [0, 0.05) is 61.6 Å². The molecule has 2 heterocycles. The molecule has 2 aliphatic carbocycles. The molecule has 2 atom stereocenters. The van der Waals surface area contributed by atoms with E-state index in [1.165, 1.54) is 47.9 Å². The fourth-order valence-electron chi connectivity index (χ4n) is 8.10. The molecule has 2 aromatic carbocycles. The Kier molecular flexibility index (Phi) is 8.69. The molecule has 40 heavy (non-hydrogen) atoms. The highest BCUT2D eigenvalue weighted by molar-refractivity contribution is 5.85. The Bertz CT molecular complexity index is 1120. The highest BCUT2D eigenvalue weighted by atomic mass is 16.5. The number of methoxy groups -OCH3 is 2. The molecular weight excluding hydrogens is 500 g/mol. The van der Waals surface area contributed by atoms with E-state index in [1.807, 2.05) is 0 Å². The maximum atomic E-state index is 12.1. The van der Waals surface area contributed by atoms with Crippen LogP contribution in [-0.4, -0.2) is 72.6 Å². The lowest BCUT2D eigenvalue weighted by atomic mass is 9.78. The van der Waals surface area contributed by atoms with Crippen LogP contribution in [0.4, 0.5) is 0 Å². The monoisotopic (exact) mass is 548 g/mol. The largest absolute Gasteiger partial charge is 0.507 e. The van der Waals surface area contributed by atoms with Gasteiger partial charge in [0.25, 0.3) is 0 Å². The van der Waals surface area contributed by atoms with Gasteiger partial charge in [-0.25, -0.2) is 0 Å². The first-order chi connectivity index (χ1) is 19.6. The van der Waals surface area contributed by atoms with Crippen molar-refractivity contribution in [3.05, 3.63) is 45.5 Å². The summed E-state index contributed by atoms with van der Waals surface area (Å²) in [5, 5.41) is 24.2. The molecule has 2 aromatic rings. The molecule has 0 aromatic heterocycles. The van der Waals surface area contributed by atoms with Gasteiger partial charge in [0.2, 0.25) is 0 Å². The van der Waals surface area contributed by atoms with Crippen LogP contribution in [0.25, 0.3) is 11.1 Å². The molecule has 218 valence electrons. The van der Waals surface area contributed by atoms with Crippen molar-refractivity contribution in [1.82, 2.24) is 9.80 Å². The summed E-state index contributed by atoms with van der Waals surface area (Å²) in [6, 6.07) is 5.35. The van der Waals surface area contributed by atoms with Crippen LogP contribution < -0.4 is 0 Å². The number of ether oxygens (including phenoxy) is 2. The zero-order valence-electron chi connectivity index (χ0n) is 24.6. The van der Waals surface area contributed by atoms with E-state index in [9.17, 15) is 10.2 Å². The summed E-state index contributed by atoms with van der Waals surface area (Å²) in [5.41, 5.74) is 9.14. The molecule has 0 amide bonds. The standard InChI is InChI=1S/C34H48N2O4/c1-39-21-27-11-7-15-35(27)19-25-17-23-9-3-5-13-29(23)31(33(25)37)32-30-14-6-4-10-24(30)18-26(34(32)38)20-36-16-8-12-28(36)22-40-2/h17-18,27-28,37-38H,3-16,19-22H2,1-2H3/t27-,28-/m0/s1. The predicted octanol–water partition coefficient (Wildman–Crippen LogP) is 5.74. The molecule has 0 bridgehead atoms. The lowest BCUT2D eigenvalue weighted by Crippen LogP contribution is -2.32. The van der Waals surface area contributed by atoms with Crippen molar-refractivity contribution in [2.75, 3.05) is 40.5 Å². The van der Waals surface area contributed by atoms with Crippen LogP contribution in [0.2, 0.25) is 0 Å². The molecule has 2 saturated heterocycles. The van der Waals surface area contributed by atoms with Crippen molar-refractivity contribution in [3.8, 4) is 22.6 Å². The Balaban J connectivity index is 1.46. The molecule has 2 fully saturated rings. The summed E-state index contributed by atoms with van der Waals surface area (Å²) in [6.07, 6.45) is 13.3. The first kappa shape index (κ1) is 28.0. The summed E-state index contributed by atoms with van der Waals surface area (Å²) in [5.74, 6) is 0.782. The number of likely N-dealkylation sites (tertiary alicyclic amines) is 2. The number of aryl methyl sites for hydroxylation is 2. The van der Waals surface area contributed by atoms with Crippen LogP contribution in [0.1, 0.15) is 84.7 Å². The van der Waals surface area contributed by atoms with Gasteiger partial charge in [-0.3, -0.25) is 9.80 Å². The van der Waals surface area contributed by atoms with Gasteiger partial charge >= 0.3 is 0 Å². The number of benzene rings is 2. The van der Waals surface area contributed by atoms with Gasteiger partial charge in [-0.05, 0) is 112 Å². The average Bonchev–Trinajstić information content (AvgIpc) is 3.60. The zero-order valence-corrected chi connectivity index (χ0v) is 24.6. The number of hydrogen-bond donors (Lipinski definition) is 2. The van der Waals surface area contributed by atoms with Crippen molar-refractivity contribution in [2.45, 2.75) is 102 Å². The van der Waals surface area contributed by atoms with E-state index in [-0.39, 0.29) is 0 Å². The number of fused-ring (bicyclic) bond motifs is 2. The molecule has 4 aliphatic rings. The third kappa shape index (κ3) is 5.40. The van der Waals surface area contributed by atoms with E-state index in [2.05, 4.69) is 21.9 Å². The number of phenols is 2. The number of aromatic hydroxyl groups is 2. The van der Waals surface area contributed by atoms with E-state index >= 15 is 0 Å². The maximum absolute atomic E-state index is 12.1. The van der Waals surface area contributed by atoms with E-state index < -0.39 is 0 Å². The normalized spacial score (nSPS) is 23.4. The minimum atomic E-state index is 0.391. The minimum Gasteiger partial charge on any atom is -0.507 e. The van der Waals surface area contributed by atoms with E-state index in [4.69, 9.17) is 9.47 Å². The number of phenolic OH excluding ortho intramolecular Hbond substituents is 2. The van der Waals surface area contributed by atoms with Crippen LogP contribution in [0.5, 0.6) is 11.5 Å². The summed E-state index contributed by atoms with van der Waals surface area (Å²) in [7, 11) is 3.56. The molecule has 0 unspecified atom stereocenters. The quantitative estimate of drug-likeness (QED) is 0.416. The highest BCUT2D eigenvalue weighted by Gasteiger charge is 2.32. The van der Waals surface area contributed by atoms with Gasteiger partial charge in [0.05, 0.1) is 13.2 Å². The predicted molar refractivity (Wildman–Crippen MR) is 159 cm³/mol. The molecule has 0 spiro atoms. The summed E-state index contributed by atoms with van der Waals surface area (Å²) in [6.45, 7) is 5.00. The van der Waals surface area contributed by atoms with Gasteiger partial charge in [0.15, 0.2) is 0 Å². The Morgan fingerprint density at radius 1 is 0.650 bits per heavy atom. The van der Waals surface area contributed by atoms with Crippen LogP contribution in [0.15, 0.2) is 12.1 Å². The Hall–Kier alpha value is -2.12. The first-order valence-corrected chi connectivity index (χ1v) is 15.8. The fourth-order valence-corrected chi connectivity index (χ4v) is 8.10. The Morgan fingerprint density at radius 3 is 1.50 bits per heavy atom. The molecule has 6 heteroatoms. The maximum Gasteiger partial charge on any atom is 0.128 e. The molecule has 0 saturated carbocycles. The second-order valence-electron chi connectivity index (χ2n) is 12.7. The van der Waals surface area contributed by atoms with Crippen molar-refractivity contribution < 1.29 is 19.7 Å². The van der Waals surface area contributed by atoms with Crippen LogP contribution in [-0.2, 0) is 48.2 Å². The summed E-state index contributed by atoms with van der Waals surface area (Å²) < 4.78 is 11.1. The summed E-state index contributed by atoms with van der Waals surface area (Å²) >= 11 is 0. The summed E-state index contributed by atoms with van der Waals surface area (Å²) in [4.78, 5) is 4.96. The number of rotatable bonds is 9. The topological polar surface area (TPSA) is 65.4 Å². The third-order valence-electron chi connectivity index (χ3n) is 10.1. The SMILES string of the molecule is COC[C@@H]1CCCN1Cc1cc2c(c(-c3c(O)c(CN4CCC[C@H]4COC)cc4c3CCCC4)c1O)CCCC2. The van der Waals surface area contributed by atoms with E-state index in [0.29, 0.717) is 23.6 Å². The molecule has 6 nitrogen and oxygen atoms in total. The Labute approximate surface area is 240 Å². The Morgan fingerprint density at radius 2 is 1.07 bits per heavy atom. The number of nitrogens with zero attached hydrogens (tertiary/aromatic N) is 2. The van der Waals surface area contributed by atoms with Crippen molar-refractivity contribution in [1.29, 1.82) is 0 Å². The van der Waals surface area contributed by atoms with Gasteiger partial charge in [-0.1, -0.05) is 12.1 Å². The van der Waals surface area contributed by atoms with Crippen molar-refractivity contribution in [3.63, 3.8) is 0 Å². The van der Waals surface area contributed by atoms with Gasteiger partial charge < -0.3 is 19.7 Å². The van der Waals surface area contributed by atoms with Crippen LogP contribution in [0, 0.1) is 0 Å².